The largest absolute Gasteiger partial charge is 0.493 e. The lowest BCUT2D eigenvalue weighted by Gasteiger charge is -2.28. The number of piperidine rings is 1. The number of hydrogen-bond donors (Lipinski definition) is 0. The summed E-state index contributed by atoms with van der Waals surface area (Å²) in [6.45, 7) is 8.68. The average Bonchev–Trinajstić information content (AvgIpc) is 3.25. The van der Waals surface area contributed by atoms with Crippen LogP contribution in [0.3, 0.4) is 0 Å². The second kappa shape index (κ2) is 8.99. The lowest BCUT2D eigenvalue weighted by Crippen LogP contribution is -2.30. The van der Waals surface area contributed by atoms with Gasteiger partial charge in [0.05, 0.1) is 19.2 Å². The Bertz CT molecular complexity index is 796. The third-order valence-electron chi connectivity index (χ3n) is 6.04. The predicted octanol–water partition coefficient (Wildman–Crippen LogP) is 4.41. The highest BCUT2D eigenvalue weighted by Crippen LogP contribution is 2.35. The highest BCUT2D eigenvalue weighted by atomic mass is 16.5. The summed E-state index contributed by atoms with van der Waals surface area (Å²) in [6, 6.07) is 6.35. The summed E-state index contributed by atoms with van der Waals surface area (Å²) in [5, 5.41) is 1.14. The van der Waals surface area contributed by atoms with Gasteiger partial charge in [-0.25, -0.2) is 4.98 Å². The van der Waals surface area contributed by atoms with Gasteiger partial charge in [0, 0.05) is 31.1 Å². The number of aromatic nitrogens is 1. The van der Waals surface area contributed by atoms with E-state index >= 15 is 0 Å². The number of rotatable bonds is 7. The first-order valence-electron chi connectivity index (χ1n) is 10.8. The Labute approximate surface area is 168 Å². The van der Waals surface area contributed by atoms with Gasteiger partial charge in [0.2, 0.25) is 0 Å². The first-order chi connectivity index (χ1) is 13.7. The number of benzene rings is 1. The summed E-state index contributed by atoms with van der Waals surface area (Å²) in [5.74, 6) is 2.69. The number of hydrogen-bond acceptors (Lipinski definition) is 5. The third-order valence-corrected chi connectivity index (χ3v) is 6.04. The molecule has 5 heteroatoms. The monoisotopic (exact) mass is 383 g/mol. The molecule has 0 atom stereocenters. The van der Waals surface area contributed by atoms with Crippen molar-refractivity contribution in [1.82, 2.24) is 9.88 Å². The lowest BCUT2D eigenvalue weighted by molar-refractivity contribution is 0.254. The van der Waals surface area contributed by atoms with Crippen LogP contribution in [0, 0.1) is 6.92 Å². The van der Waals surface area contributed by atoms with Gasteiger partial charge < -0.3 is 19.3 Å². The van der Waals surface area contributed by atoms with Gasteiger partial charge in [0.1, 0.15) is 5.82 Å². The van der Waals surface area contributed by atoms with E-state index in [1.165, 1.54) is 50.8 Å². The standard InChI is InChI=1S/C23H33N3O2/c1-18-15-23(26-12-4-3-5-13-26)24-20-17-22(21(27-2)16-19(18)20)28-14-8-11-25-9-6-7-10-25/h15-17H,3-14H2,1-2H3. The van der Waals surface area contributed by atoms with Crippen molar-refractivity contribution in [3.05, 3.63) is 23.8 Å². The first kappa shape index (κ1) is 19.3. The maximum absolute atomic E-state index is 6.12. The fourth-order valence-corrected chi connectivity index (χ4v) is 4.42. The molecule has 1 aromatic heterocycles. The van der Waals surface area contributed by atoms with E-state index in [2.05, 4.69) is 34.9 Å². The van der Waals surface area contributed by atoms with E-state index in [1.807, 2.05) is 0 Å². The van der Waals surface area contributed by atoms with Crippen LogP contribution in [0.15, 0.2) is 18.2 Å². The Morgan fingerprint density at radius 3 is 2.43 bits per heavy atom. The zero-order valence-corrected chi connectivity index (χ0v) is 17.4. The molecule has 4 rings (SSSR count). The van der Waals surface area contributed by atoms with E-state index in [0.717, 1.165) is 54.3 Å². The molecule has 2 aliphatic heterocycles. The van der Waals surface area contributed by atoms with Crippen molar-refractivity contribution >= 4 is 16.7 Å². The van der Waals surface area contributed by atoms with Crippen LogP contribution in [0.4, 0.5) is 5.82 Å². The molecule has 5 nitrogen and oxygen atoms in total. The topological polar surface area (TPSA) is 37.8 Å². The number of methoxy groups -OCH3 is 1. The molecule has 0 amide bonds. The Morgan fingerprint density at radius 1 is 0.929 bits per heavy atom. The molecule has 0 N–H and O–H groups in total. The van der Waals surface area contributed by atoms with Crippen LogP contribution in [-0.4, -0.2) is 56.3 Å². The van der Waals surface area contributed by atoms with E-state index in [0.29, 0.717) is 6.61 Å². The molecule has 2 fully saturated rings. The predicted molar refractivity (Wildman–Crippen MR) is 115 cm³/mol. The molecule has 2 saturated heterocycles. The molecule has 2 aromatic rings. The Hall–Kier alpha value is -2.01. The Morgan fingerprint density at radius 2 is 1.68 bits per heavy atom. The fraction of sp³-hybridized carbons (Fsp3) is 0.609. The second-order valence-electron chi connectivity index (χ2n) is 8.12. The van der Waals surface area contributed by atoms with E-state index in [-0.39, 0.29) is 0 Å². The van der Waals surface area contributed by atoms with E-state index in [9.17, 15) is 0 Å². The van der Waals surface area contributed by atoms with Gasteiger partial charge in [0.15, 0.2) is 11.5 Å². The van der Waals surface area contributed by atoms with Crippen molar-refractivity contribution in [1.29, 1.82) is 0 Å². The van der Waals surface area contributed by atoms with Crippen molar-refractivity contribution in [2.24, 2.45) is 0 Å². The minimum Gasteiger partial charge on any atom is -0.493 e. The molecule has 152 valence electrons. The van der Waals surface area contributed by atoms with E-state index in [1.54, 1.807) is 7.11 Å². The van der Waals surface area contributed by atoms with Gasteiger partial charge in [-0.05, 0) is 76.2 Å². The van der Waals surface area contributed by atoms with Gasteiger partial charge in [-0.1, -0.05) is 0 Å². The van der Waals surface area contributed by atoms with Crippen molar-refractivity contribution in [3.63, 3.8) is 0 Å². The number of ether oxygens (including phenoxy) is 2. The second-order valence-corrected chi connectivity index (χ2v) is 8.12. The number of fused-ring (bicyclic) bond motifs is 1. The molecule has 28 heavy (non-hydrogen) atoms. The van der Waals surface area contributed by atoms with Crippen LogP contribution in [0.1, 0.15) is 44.1 Å². The van der Waals surface area contributed by atoms with Crippen LogP contribution < -0.4 is 14.4 Å². The van der Waals surface area contributed by atoms with E-state index in [4.69, 9.17) is 14.5 Å². The van der Waals surface area contributed by atoms with Crippen LogP contribution in [0.5, 0.6) is 11.5 Å². The number of aryl methyl sites for hydroxylation is 1. The lowest BCUT2D eigenvalue weighted by atomic mass is 10.1. The van der Waals surface area contributed by atoms with Crippen LogP contribution >= 0.6 is 0 Å². The van der Waals surface area contributed by atoms with Crippen LogP contribution in [-0.2, 0) is 0 Å². The molecule has 3 heterocycles. The molecule has 0 aliphatic carbocycles. The Kier molecular flexibility index (Phi) is 6.20. The molecule has 2 aliphatic rings. The molecular formula is C23H33N3O2. The summed E-state index contributed by atoms with van der Waals surface area (Å²) in [5.41, 5.74) is 2.24. The summed E-state index contributed by atoms with van der Waals surface area (Å²) in [6.07, 6.45) is 7.56. The summed E-state index contributed by atoms with van der Waals surface area (Å²) in [7, 11) is 1.71. The minimum atomic E-state index is 0.711. The molecule has 0 unspecified atom stereocenters. The van der Waals surface area contributed by atoms with Gasteiger partial charge in [-0.2, -0.15) is 0 Å². The molecule has 0 bridgehead atoms. The zero-order chi connectivity index (χ0) is 19.3. The SMILES string of the molecule is COc1cc2c(C)cc(N3CCCCC3)nc2cc1OCCCN1CCCC1. The number of anilines is 1. The van der Waals surface area contributed by atoms with Gasteiger partial charge in [-0.15, -0.1) is 0 Å². The van der Waals surface area contributed by atoms with Crippen LogP contribution in [0.25, 0.3) is 10.9 Å². The summed E-state index contributed by atoms with van der Waals surface area (Å²) in [4.78, 5) is 9.91. The molecular weight excluding hydrogens is 350 g/mol. The van der Waals surface area contributed by atoms with Crippen LogP contribution in [0.2, 0.25) is 0 Å². The van der Waals surface area contributed by atoms with Gasteiger partial charge in [0.25, 0.3) is 0 Å². The summed E-state index contributed by atoms with van der Waals surface area (Å²) < 4.78 is 11.7. The smallest absolute Gasteiger partial charge is 0.163 e. The zero-order valence-electron chi connectivity index (χ0n) is 17.4. The normalized spacial score (nSPS) is 18.0. The number of likely N-dealkylation sites (tertiary alicyclic amines) is 1. The van der Waals surface area contributed by atoms with Crippen molar-refractivity contribution in [2.75, 3.05) is 51.3 Å². The van der Waals surface area contributed by atoms with Crippen molar-refractivity contribution in [3.8, 4) is 11.5 Å². The fourth-order valence-electron chi connectivity index (χ4n) is 4.42. The maximum atomic E-state index is 6.12. The average molecular weight is 384 g/mol. The van der Waals surface area contributed by atoms with E-state index < -0.39 is 0 Å². The minimum absolute atomic E-state index is 0.711. The number of nitrogens with zero attached hydrogens (tertiary/aromatic N) is 3. The molecule has 0 saturated carbocycles. The highest BCUT2D eigenvalue weighted by Gasteiger charge is 2.16. The quantitative estimate of drug-likeness (QED) is 0.662. The Balaban J connectivity index is 1.51. The molecule has 0 radical (unpaired) electrons. The van der Waals surface area contributed by atoms with Crippen molar-refractivity contribution < 1.29 is 9.47 Å². The third kappa shape index (κ3) is 4.35. The summed E-state index contributed by atoms with van der Waals surface area (Å²) >= 11 is 0. The van der Waals surface area contributed by atoms with Crippen molar-refractivity contribution in [2.45, 2.75) is 45.4 Å². The molecule has 1 aromatic carbocycles. The maximum Gasteiger partial charge on any atom is 0.163 e. The molecule has 0 spiro atoms. The highest BCUT2D eigenvalue weighted by molar-refractivity contribution is 5.87. The van der Waals surface area contributed by atoms with Gasteiger partial charge in [-0.3, -0.25) is 0 Å². The first-order valence-corrected chi connectivity index (χ1v) is 10.8. The van der Waals surface area contributed by atoms with Gasteiger partial charge >= 0.3 is 0 Å². The number of pyridine rings is 1.